The number of hydrogen-bond donors (Lipinski definition) is 7. The quantitative estimate of drug-likeness (QED) is 0.108. The average molecular weight is 519 g/mol. The molecule has 0 bridgehead atoms. The second-order valence-corrected chi connectivity index (χ2v) is 9.53. The molecule has 13 nitrogen and oxygen atoms in total. The lowest BCUT2D eigenvalue weighted by Gasteiger charge is -2.26. The first-order valence-electron chi connectivity index (χ1n) is 11.2. The molecule has 10 N–H and O–H groups in total. The van der Waals surface area contributed by atoms with Gasteiger partial charge in [0.1, 0.15) is 18.1 Å². The molecule has 14 heteroatoms. The van der Waals surface area contributed by atoms with Crippen LogP contribution in [-0.2, 0) is 28.8 Å². The Morgan fingerprint density at radius 1 is 0.771 bits per heavy atom. The van der Waals surface area contributed by atoms with Crippen molar-refractivity contribution in [1.82, 2.24) is 16.0 Å². The molecule has 0 heterocycles. The van der Waals surface area contributed by atoms with Crippen LogP contribution in [0, 0.1) is 5.92 Å². The average Bonchev–Trinajstić information content (AvgIpc) is 2.75. The Labute approximate surface area is 209 Å². The van der Waals surface area contributed by atoms with Crippen molar-refractivity contribution >= 4 is 47.3 Å². The van der Waals surface area contributed by atoms with Gasteiger partial charge in [0.2, 0.25) is 29.5 Å². The number of nitrogens with one attached hydrogen (secondary N) is 3. The van der Waals surface area contributed by atoms with Crippen LogP contribution in [-0.4, -0.2) is 76.8 Å². The first-order chi connectivity index (χ1) is 16.3. The molecule has 0 saturated carbocycles. The summed E-state index contributed by atoms with van der Waals surface area (Å²) in [6, 6.07) is -4.59. The fraction of sp³-hybridized carbons (Fsp3) is 0.714. The van der Waals surface area contributed by atoms with E-state index < -0.39 is 59.7 Å². The molecular formula is C21H38N6O7S. The molecule has 35 heavy (non-hydrogen) atoms. The van der Waals surface area contributed by atoms with Gasteiger partial charge in [-0.2, -0.15) is 11.8 Å². The standard InChI is InChI=1S/C21H38N6O7S/c1-11(2)10-15(27-18(30)12(22)8-9-35-3)20(32)25-13(4-6-16(23)28)19(31)26-14(21(33)34)5-7-17(24)29/h11-15H,4-10,22H2,1-3H3,(H2,23,28)(H2,24,29)(H,25,32)(H,26,31)(H,27,30)(H,33,34). The Bertz CT molecular complexity index is 764. The molecule has 0 aromatic carbocycles. The van der Waals surface area contributed by atoms with E-state index in [4.69, 9.17) is 17.2 Å². The maximum Gasteiger partial charge on any atom is 0.326 e. The number of aliphatic carboxylic acids is 1. The normalized spacial score (nSPS) is 14.3. The number of carboxylic acid groups (broad SMARTS) is 1. The molecule has 0 aromatic heterocycles. The Hall–Kier alpha value is -2.87. The monoisotopic (exact) mass is 518 g/mol. The maximum absolute atomic E-state index is 13.0. The van der Waals surface area contributed by atoms with Gasteiger partial charge in [-0.3, -0.25) is 24.0 Å². The highest BCUT2D eigenvalue weighted by molar-refractivity contribution is 7.98. The predicted octanol–water partition coefficient (Wildman–Crippen LogP) is -1.82. The van der Waals surface area contributed by atoms with Gasteiger partial charge in [0.05, 0.1) is 6.04 Å². The fourth-order valence-electron chi connectivity index (χ4n) is 3.00. The molecule has 0 fully saturated rings. The summed E-state index contributed by atoms with van der Waals surface area (Å²) in [5.74, 6) is -4.32. The first kappa shape index (κ1) is 32.1. The van der Waals surface area contributed by atoms with Crippen molar-refractivity contribution in [3.63, 3.8) is 0 Å². The number of nitrogens with two attached hydrogens (primary N) is 3. The Balaban J connectivity index is 5.54. The Kier molecular flexibility index (Phi) is 15.3. The zero-order valence-corrected chi connectivity index (χ0v) is 21.2. The maximum atomic E-state index is 13.0. The van der Waals surface area contributed by atoms with Crippen molar-refractivity contribution in [3.05, 3.63) is 0 Å². The Morgan fingerprint density at radius 2 is 1.23 bits per heavy atom. The zero-order chi connectivity index (χ0) is 27.1. The van der Waals surface area contributed by atoms with Crippen molar-refractivity contribution < 1.29 is 33.9 Å². The number of thioether (sulfide) groups is 1. The summed E-state index contributed by atoms with van der Waals surface area (Å²) in [5, 5.41) is 16.6. The second-order valence-electron chi connectivity index (χ2n) is 8.55. The van der Waals surface area contributed by atoms with E-state index in [2.05, 4.69) is 16.0 Å². The van der Waals surface area contributed by atoms with E-state index in [9.17, 15) is 33.9 Å². The van der Waals surface area contributed by atoms with Gasteiger partial charge in [0.15, 0.2) is 0 Å². The molecule has 4 unspecified atom stereocenters. The van der Waals surface area contributed by atoms with Crippen molar-refractivity contribution in [2.75, 3.05) is 12.0 Å². The van der Waals surface area contributed by atoms with Crippen molar-refractivity contribution in [2.45, 2.75) is 76.5 Å². The molecular weight excluding hydrogens is 480 g/mol. The minimum absolute atomic E-state index is 0.00319. The van der Waals surface area contributed by atoms with E-state index in [1.54, 1.807) is 0 Å². The number of carbonyl (C=O) groups excluding carboxylic acids is 5. The number of amides is 5. The lowest BCUT2D eigenvalue weighted by atomic mass is 10.0. The van der Waals surface area contributed by atoms with E-state index in [0.717, 1.165) is 0 Å². The number of primary amides is 2. The molecule has 0 aromatic rings. The summed E-state index contributed by atoms with van der Waals surface area (Å²) < 4.78 is 0. The molecule has 0 aliphatic rings. The number of carbonyl (C=O) groups is 6. The van der Waals surface area contributed by atoms with Crippen LogP contribution in [0.1, 0.15) is 52.4 Å². The van der Waals surface area contributed by atoms with Crippen LogP contribution in [0.25, 0.3) is 0 Å². The van der Waals surface area contributed by atoms with Crippen molar-refractivity contribution in [3.8, 4) is 0 Å². The highest BCUT2D eigenvalue weighted by Gasteiger charge is 2.31. The van der Waals surface area contributed by atoms with Crippen LogP contribution in [0.2, 0.25) is 0 Å². The van der Waals surface area contributed by atoms with Gasteiger partial charge in [-0.1, -0.05) is 13.8 Å². The molecule has 0 aliphatic carbocycles. The van der Waals surface area contributed by atoms with E-state index in [1.807, 2.05) is 20.1 Å². The zero-order valence-electron chi connectivity index (χ0n) is 20.4. The summed E-state index contributed by atoms with van der Waals surface area (Å²) in [6.45, 7) is 3.68. The SMILES string of the molecule is CSCCC(N)C(=O)NC(CC(C)C)C(=O)NC(CCC(N)=O)C(=O)NC(CCC(N)=O)C(=O)O. The second kappa shape index (κ2) is 16.7. The van der Waals surface area contributed by atoms with Gasteiger partial charge in [0, 0.05) is 12.8 Å². The number of rotatable bonds is 18. The molecule has 200 valence electrons. The minimum Gasteiger partial charge on any atom is -0.480 e. The smallest absolute Gasteiger partial charge is 0.326 e. The molecule has 0 rings (SSSR count). The van der Waals surface area contributed by atoms with Gasteiger partial charge < -0.3 is 38.3 Å². The third kappa shape index (κ3) is 14.2. The van der Waals surface area contributed by atoms with Crippen LogP contribution < -0.4 is 33.2 Å². The Morgan fingerprint density at radius 3 is 1.69 bits per heavy atom. The third-order valence-electron chi connectivity index (χ3n) is 4.92. The lowest BCUT2D eigenvalue weighted by Crippen LogP contribution is -2.57. The van der Waals surface area contributed by atoms with Crippen molar-refractivity contribution in [2.24, 2.45) is 23.1 Å². The van der Waals surface area contributed by atoms with E-state index in [0.29, 0.717) is 12.2 Å². The van der Waals surface area contributed by atoms with Gasteiger partial charge in [-0.15, -0.1) is 0 Å². The molecule has 0 radical (unpaired) electrons. The van der Waals surface area contributed by atoms with Crippen LogP contribution >= 0.6 is 11.8 Å². The number of hydrogen-bond acceptors (Lipinski definition) is 8. The van der Waals surface area contributed by atoms with Crippen LogP contribution in [0.3, 0.4) is 0 Å². The largest absolute Gasteiger partial charge is 0.480 e. The van der Waals surface area contributed by atoms with Crippen LogP contribution in [0.4, 0.5) is 0 Å². The highest BCUT2D eigenvalue weighted by atomic mass is 32.2. The molecule has 0 saturated heterocycles. The van der Waals surface area contributed by atoms with Gasteiger partial charge in [-0.25, -0.2) is 4.79 Å². The van der Waals surface area contributed by atoms with Gasteiger partial charge >= 0.3 is 5.97 Å². The fourth-order valence-corrected chi connectivity index (χ4v) is 3.49. The topological polar surface area (TPSA) is 237 Å². The summed E-state index contributed by atoms with van der Waals surface area (Å²) in [5.41, 5.74) is 16.1. The first-order valence-corrected chi connectivity index (χ1v) is 12.6. The predicted molar refractivity (Wildman–Crippen MR) is 131 cm³/mol. The van der Waals surface area contributed by atoms with Crippen LogP contribution in [0.15, 0.2) is 0 Å². The third-order valence-corrected chi connectivity index (χ3v) is 5.56. The summed E-state index contributed by atoms with van der Waals surface area (Å²) in [7, 11) is 0. The summed E-state index contributed by atoms with van der Waals surface area (Å²) in [6.07, 6.45) is 1.52. The van der Waals surface area contributed by atoms with Crippen LogP contribution in [0.5, 0.6) is 0 Å². The number of carboxylic acids is 1. The lowest BCUT2D eigenvalue weighted by molar-refractivity contribution is -0.142. The molecule has 0 aliphatic heterocycles. The minimum atomic E-state index is -1.44. The van der Waals surface area contributed by atoms with E-state index >= 15 is 0 Å². The van der Waals surface area contributed by atoms with Gasteiger partial charge in [-0.05, 0) is 43.6 Å². The molecule has 4 atom stereocenters. The highest BCUT2D eigenvalue weighted by Crippen LogP contribution is 2.09. The van der Waals surface area contributed by atoms with Gasteiger partial charge in [0.25, 0.3) is 0 Å². The summed E-state index contributed by atoms with van der Waals surface area (Å²) >= 11 is 1.53. The summed E-state index contributed by atoms with van der Waals surface area (Å²) in [4.78, 5) is 72.0. The van der Waals surface area contributed by atoms with E-state index in [1.165, 1.54) is 11.8 Å². The van der Waals surface area contributed by atoms with E-state index in [-0.39, 0.29) is 38.0 Å². The molecule has 0 spiro atoms. The van der Waals surface area contributed by atoms with Crippen molar-refractivity contribution in [1.29, 1.82) is 0 Å². The molecule has 5 amide bonds.